The highest BCUT2D eigenvalue weighted by atomic mass is 79.9. The Morgan fingerprint density at radius 2 is 2.27 bits per heavy atom. The number of amides is 1. The fourth-order valence-corrected chi connectivity index (χ4v) is 2.31. The summed E-state index contributed by atoms with van der Waals surface area (Å²) in [5.41, 5.74) is 0.591. The third-order valence-electron chi connectivity index (χ3n) is 2.82. The molecule has 1 aromatic carbocycles. The van der Waals surface area contributed by atoms with Gasteiger partial charge in [0.1, 0.15) is 16.8 Å². The number of anilines is 1. The van der Waals surface area contributed by atoms with Crippen LogP contribution >= 0.6 is 27.5 Å². The van der Waals surface area contributed by atoms with Gasteiger partial charge in [0.2, 0.25) is 5.91 Å². The summed E-state index contributed by atoms with van der Waals surface area (Å²) in [5, 5.41) is 27.0. The number of phenols is 1. The van der Waals surface area contributed by atoms with Crippen molar-refractivity contribution in [3.63, 3.8) is 0 Å². The molecule has 8 nitrogen and oxygen atoms in total. The van der Waals surface area contributed by atoms with E-state index in [-0.39, 0.29) is 28.3 Å². The summed E-state index contributed by atoms with van der Waals surface area (Å²) in [6.07, 6.45) is 0. The Bertz CT molecular complexity index is 762. The molecule has 0 atom stereocenters. The molecule has 0 fully saturated rings. The number of nitrogens with zero attached hydrogens (tertiary/aromatic N) is 3. The Balaban J connectivity index is 2.17. The molecule has 0 saturated heterocycles. The topological polar surface area (TPSA) is 110 Å². The molecule has 22 heavy (non-hydrogen) atoms. The quantitative estimate of drug-likeness (QED) is 0.474. The highest BCUT2D eigenvalue weighted by Crippen LogP contribution is 2.28. The summed E-state index contributed by atoms with van der Waals surface area (Å²) in [7, 11) is 0. The summed E-state index contributed by atoms with van der Waals surface area (Å²) in [6.45, 7) is 1.35. The average molecular weight is 390 g/mol. The number of benzene rings is 1. The van der Waals surface area contributed by atoms with Gasteiger partial charge >= 0.3 is 5.82 Å². The second kappa shape index (κ2) is 6.32. The molecule has 10 heteroatoms. The molecule has 0 aliphatic carbocycles. The molecule has 1 amide bonds. The van der Waals surface area contributed by atoms with Crippen LogP contribution in [-0.4, -0.2) is 25.7 Å². The molecule has 0 spiro atoms. The summed E-state index contributed by atoms with van der Waals surface area (Å²) in [6, 6.07) is 4.21. The summed E-state index contributed by atoms with van der Waals surface area (Å²) in [5.74, 6) is -1.01. The molecule has 2 aromatic rings. The molecule has 0 bridgehead atoms. The van der Waals surface area contributed by atoms with Gasteiger partial charge in [0.25, 0.3) is 0 Å². The first kappa shape index (κ1) is 16.2. The van der Waals surface area contributed by atoms with Gasteiger partial charge in [-0.25, -0.2) is 0 Å². The normalized spacial score (nSPS) is 10.5. The number of carbonyl (C=O) groups excluding carboxylic acids is 1. The predicted octanol–water partition coefficient (Wildman–Crippen LogP) is 2.86. The average Bonchev–Trinajstić information content (AvgIpc) is 2.71. The van der Waals surface area contributed by atoms with E-state index >= 15 is 0 Å². The number of rotatable bonds is 4. The van der Waals surface area contributed by atoms with Crippen molar-refractivity contribution in [1.29, 1.82) is 0 Å². The molecule has 0 aliphatic rings. The number of nitro groups is 1. The van der Waals surface area contributed by atoms with Crippen molar-refractivity contribution in [3.05, 3.63) is 43.5 Å². The van der Waals surface area contributed by atoms with Crippen LogP contribution in [0, 0.1) is 17.0 Å². The molecule has 2 rings (SSSR count). The summed E-state index contributed by atoms with van der Waals surface area (Å²) in [4.78, 5) is 22.1. The van der Waals surface area contributed by atoms with Crippen molar-refractivity contribution in [2.45, 2.75) is 13.5 Å². The van der Waals surface area contributed by atoms with Crippen LogP contribution in [0.2, 0.25) is 5.02 Å². The summed E-state index contributed by atoms with van der Waals surface area (Å²) >= 11 is 8.85. The molecule has 1 aromatic heterocycles. The van der Waals surface area contributed by atoms with Gasteiger partial charge in [0.05, 0.1) is 16.5 Å². The number of nitrogens with one attached hydrogen (secondary N) is 1. The van der Waals surface area contributed by atoms with E-state index in [0.29, 0.717) is 10.7 Å². The maximum atomic E-state index is 12.0. The van der Waals surface area contributed by atoms with E-state index in [9.17, 15) is 20.0 Å². The zero-order valence-corrected chi connectivity index (χ0v) is 13.6. The maximum absolute atomic E-state index is 12.0. The van der Waals surface area contributed by atoms with Crippen LogP contribution in [0.1, 0.15) is 5.69 Å². The SMILES string of the molecule is Cc1c(Br)c([N+](=O)[O-])nn1CC(=O)Nc1cc(Cl)ccc1O. The van der Waals surface area contributed by atoms with Gasteiger partial charge < -0.3 is 20.5 Å². The first-order chi connectivity index (χ1) is 10.3. The van der Waals surface area contributed by atoms with Crippen LogP contribution in [0.5, 0.6) is 5.75 Å². The lowest BCUT2D eigenvalue weighted by atomic mass is 10.3. The standard InChI is InChI=1S/C12H10BrClN4O4/c1-6-11(13)12(18(21)22)16-17(6)5-10(20)15-8-4-7(14)2-3-9(8)19/h2-4,19H,5H2,1H3,(H,15,20). The van der Waals surface area contributed by atoms with E-state index in [1.807, 2.05) is 0 Å². The van der Waals surface area contributed by atoms with E-state index in [1.54, 1.807) is 6.92 Å². The molecule has 0 unspecified atom stereocenters. The predicted molar refractivity (Wildman–Crippen MR) is 83.1 cm³/mol. The third kappa shape index (κ3) is 3.37. The van der Waals surface area contributed by atoms with Crippen LogP contribution in [0.4, 0.5) is 11.5 Å². The molecular weight excluding hydrogens is 380 g/mol. The van der Waals surface area contributed by atoms with Crippen molar-refractivity contribution >= 4 is 44.9 Å². The Morgan fingerprint density at radius 3 is 2.86 bits per heavy atom. The molecule has 0 saturated carbocycles. The van der Waals surface area contributed by atoms with Crippen molar-refractivity contribution < 1.29 is 14.8 Å². The number of aromatic nitrogens is 2. The van der Waals surface area contributed by atoms with Crippen molar-refractivity contribution in [1.82, 2.24) is 9.78 Å². The van der Waals surface area contributed by atoms with Crippen LogP contribution in [-0.2, 0) is 11.3 Å². The van der Waals surface area contributed by atoms with Crippen molar-refractivity contribution in [3.8, 4) is 5.75 Å². The Kier molecular flexibility index (Phi) is 4.67. The van der Waals surface area contributed by atoms with Crippen LogP contribution in [0.25, 0.3) is 0 Å². The van der Waals surface area contributed by atoms with Gasteiger partial charge in [0.15, 0.2) is 0 Å². The van der Waals surface area contributed by atoms with E-state index in [4.69, 9.17) is 11.6 Å². The first-order valence-corrected chi connectivity index (χ1v) is 7.12. The van der Waals surface area contributed by atoms with E-state index in [0.717, 1.165) is 0 Å². The minimum Gasteiger partial charge on any atom is -0.506 e. The number of aromatic hydroxyl groups is 1. The monoisotopic (exact) mass is 388 g/mol. The minimum absolute atomic E-state index is 0.137. The zero-order valence-electron chi connectivity index (χ0n) is 11.2. The van der Waals surface area contributed by atoms with Gasteiger partial charge in [0, 0.05) is 5.02 Å². The fraction of sp³-hybridized carbons (Fsp3) is 0.167. The van der Waals surface area contributed by atoms with E-state index in [2.05, 4.69) is 26.3 Å². The van der Waals surface area contributed by atoms with Gasteiger partial charge in [-0.15, -0.1) is 0 Å². The second-order valence-electron chi connectivity index (χ2n) is 4.35. The molecule has 0 radical (unpaired) electrons. The molecular formula is C12H10BrClN4O4. The Morgan fingerprint density at radius 1 is 1.59 bits per heavy atom. The molecule has 116 valence electrons. The lowest BCUT2D eigenvalue weighted by molar-refractivity contribution is -0.390. The highest BCUT2D eigenvalue weighted by molar-refractivity contribution is 9.10. The van der Waals surface area contributed by atoms with Crippen molar-refractivity contribution in [2.24, 2.45) is 0 Å². The van der Waals surface area contributed by atoms with Gasteiger partial charge in [-0.2, -0.15) is 4.68 Å². The van der Waals surface area contributed by atoms with Crippen molar-refractivity contribution in [2.75, 3.05) is 5.32 Å². The molecule has 1 heterocycles. The lowest BCUT2D eigenvalue weighted by Crippen LogP contribution is -2.20. The number of carbonyl (C=O) groups is 1. The van der Waals surface area contributed by atoms with Gasteiger partial charge in [-0.3, -0.25) is 4.79 Å². The smallest absolute Gasteiger partial charge is 0.404 e. The number of hydrogen-bond acceptors (Lipinski definition) is 5. The number of hydrogen-bond donors (Lipinski definition) is 2. The lowest BCUT2D eigenvalue weighted by Gasteiger charge is -2.07. The van der Waals surface area contributed by atoms with Crippen LogP contribution in [0.3, 0.4) is 0 Å². The number of phenolic OH excluding ortho intramolecular Hbond substituents is 1. The molecule has 2 N–H and O–H groups in total. The highest BCUT2D eigenvalue weighted by Gasteiger charge is 2.24. The first-order valence-electron chi connectivity index (χ1n) is 5.95. The zero-order chi connectivity index (χ0) is 16.4. The van der Waals surface area contributed by atoms with Gasteiger partial charge in [-0.1, -0.05) is 11.6 Å². The van der Waals surface area contributed by atoms with E-state index in [1.165, 1.54) is 22.9 Å². The van der Waals surface area contributed by atoms with Crippen LogP contribution in [0.15, 0.2) is 22.7 Å². The largest absolute Gasteiger partial charge is 0.506 e. The third-order valence-corrected chi connectivity index (χ3v) is 3.98. The van der Waals surface area contributed by atoms with Gasteiger partial charge in [-0.05, 0) is 46.0 Å². The number of halogens is 2. The fourth-order valence-electron chi connectivity index (χ4n) is 1.71. The minimum atomic E-state index is -0.645. The summed E-state index contributed by atoms with van der Waals surface area (Å²) < 4.78 is 1.41. The Hall–Kier alpha value is -2.13. The Labute approximate surface area is 138 Å². The van der Waals surface area contributed by atoms with Crippen LogP contribution < -0.4 is 5.32 Å². The molecule has 0 aliphatic heterocycles. The van der Waals surface area contributed by atoms with E-state index < -0.39 is 10.8 Å². The second-order valence-corrected chi connectivity index (χ2v) is 5.58. The maximum Gasteiger partial charge on any atom is 0.404 e.